The number of amides is 1. The quantitative estimate of drug-likeness (QED) is 0.824. The Morgan fingerprint density at radius 3 is 2.48 bits per heavy atom. The molecule has 2 aromatic carbocycles. The molecule has 0 radical (unpaired) electrons. The molecule has 0 heterocycles. The zero-order valence-electron chi connectivity index (χ0n) is 12.2. The Kier molecular flexibility index (Phi) is 6.11. The van der Waals surface area contributed by atoms with Crippen molar-refractivity contribution in [2.45, 2.75) is 13.0 Å². The molecule has 0 unspecified atom stereocenters. The minimum absolute atomic E-state index is 0.00772. The van der Waals surface area contributed by atoms with Crippen molar-refractivity contribution < 1.29 is 18.7 Å². The van der Waals surface area contributed by atoms with Crippen LogP contribution in [0.25, 0.3) is 0 Å². The summed E-state index contributed by atoms with van der Waals surface area (Å²) in [7, 11) is 0. The lowest BCUT2D eigenvalue weighted by molar-refractivity contribution is -0.144. The molecule has 120 valence electrons. The van der Waals surface area contributed by atoms with Gasteiger partial charge in [0.2, 0.25) is 0 Å². The number of nitrogens with one attached hydrogen (secondary N) is 1. The number of rotatable bonds is 6. The molecule has 2 rings (SSSR count). The van der Waals surface area contributed by atoms with Crippen molar-refractivity contribution in [3.8, 4) is 0 Å². The lowest BCUT2D eigenvalue weighted by atomic mass is 10.2. The van der Waals surface area contributed by atoms with Gasteiger partial charge >= 0.3 is 5.97 Å². The van der Waals surface area contributed by atoms with Gasteiger partial charge in [-0.25, -0.2) is 4.39 Å². The van der Waals surface area contributed by atoms with Crippen LogP contribution in [0.4, 0.5) is 4.39 Å². The molecule has 23 heavy (non-hydrogen) atoms. The zero-order chi connectivity index (χ0) is 16.7. The number of hydrogen-bond acceptors (Lipinski definition) is 3. The van der Waals surface area contributed by atoms with E-state index in [1.807, 2.05) is 0 Å². The van der Waals surface area contributed by atoms with Gasteiger partial charge in [0.15, 0.2) is 0 Å². The first-order valence-corrected chi connectivity index (χ1v) is 7.37. The van der Waals surface area contributed by atoms with Crippen LogP contribution in [0.5, 0.6) is 0 Å². The van der Waals surface area contributed by atoms with E-state index in [0.717, 1.165) is 0 Å². The summed E-state index contributed by atoms with van der Waals surface area (Å²) >= 11 is 5.74. The first-order chi connectivity index (χ1) is 11.1. The third-order valence-electron chi connectivity index (χ3n) is 3.07. The van der Waals surface area contributed by atoms with E-state index in [2.05, 4.69) is 5.32 Å². The summed E-state index contributed by atoms with van der Waals surface area (Å²) in [5.41, 5.74) is 0.764. The van der Waals surface area contributed by atoms with E-state index < -0.39 is 11.8 Å². The number of esters is 1. The van der Waals surface area contributed by atoms with E-state index in [-0.39, 0.29) is 25.5 Å². The van der Waals surface area contributed by atoms with Gasteiger partial charge in [-0.05, 0) is 30.3 Å². The summed E-state index contributed by atoms with van der Waals surface area (Å²) in [5, 5.41) is 3.14. The first kappa shape index (κ1) is 17.0. The van der Waals surface area contributed by atoms with Crippen molar-refractivity contribution >= 4 is 23.5 Å². The summed E-state index contributed by atoms with van der Waals surface area (Å²) < 4.78 is 18.3. The highest BCUT2D eigenvalue weighted by molar-refractivity contribution is 6.30. The molecule has 1 amide bonds. The number of halogens is 2. The fourth-order valence-electron chi connectivity index (χ4n) is 1.83. The molecule has 0 aliphatic rings. The molecule has 0 atom stereocenters. The Morgan fingerprint density at radius 1 is 1.09 bits per heavy atom. The molecule has 1 N–H and O–H groups in total. The van der Waals surface area contributed by atoms with Crippen LogP contribution in [0.15, 0.2) is 48.5 Å². The Balaban J connectivity index is 1.71. The number of carbonyl (C=O) groups is 2. The largest absolute Gasteiger partial charge is 0.461 e. The van der Waals surface area contributed by atoms with Gasteiger partial charge < -0.3 is 10.1 Å². The van der Waals surface area contributed by atoms with Gasteiger partial charge in [-0.1, -0.05) is 29.8 Å². The second-order valence-electron chi connectivity index (χ2n) is 4.76. The Morgan fingerprint density at radius 2 is 1.78 bits per heavy atom. The van der Waals surface area contributed by atoms with Crippen molar-refractivity contribution in [1.82, 2.24) is 5.32 Å². The van der Waals surface area contributed by atoms with Crippen LogP contribution < -0.4 is 5.32 Å². The van der Waals surface area contributed by atoms with Crippen molar-refractivity contribution in [3.05, 3.63) is 70.5 Å². The van der Waals surface area contributed by atoms with Gasteiger partial charge in [0, 0.05) is 22.7 Å². The first-order valence-electron chi connectivity index (χ1n) is 6.99. The number of carbonyl (C=O) groups excluding carboxylic acids is 2. The highest BCUT2D eigenvalue weighted by Gasteiger charge is 2.08. The van der Waals surface area contributed by atoms with Crippen LogP contribution in [-0.4, -0.2) is 18.4 Å². The lowest BCUT2D eigenvalue weighted by Gasteiger charge is -2.07. The van der Waals surface area contributed by atoms with Gasteiger partial charge in [-0.2, -0.15) is 0 Å². The smallest absolute Gasteiger partial charge is 0.307 e. The summed E-state index contributed by atoms with van der Waals surface area (Å²) in [4.78, 5) is 23.4. The van der Waals surface area contributed by atoms with E-state index in [1.165, 1.54) is 6.07 Å². The molecule has 0 aromatic heterocycles. The maximum Gasteiger partial charge on any atom is 0.307 e. The predicted molar refractivity (Wildman–Crippen MR) is 84.6 cm³/mol. The SMILES string of the molecule is O=C(CCNC(=O)c1ccc(Cl)cc1)OCc1ccccc1F. The van der Waals surface area contributed by atoms with E-state index in [4.69, 9.17) is 16.3 Å². The Labute approximate surface area is 138 Å². The van der Waals surface area contributed by atoms with Gasteiger partial charge in [0.1, 0.15) is 12.4 Å². The summed E-state index contributed by atoms with van der Waals surface area (Å²) in [5.74, 6) is -1.23. The summed E-state index contributed by atoms with van der Waals surface area (Å²) in [6.07, 6.45) is 0.00772. The third kappa shape index (κ3) is 5.38. The highest BCUT2D eigenvalue weighted by Crippen LogP contribution is 2.10. The topological polar surface area (TPSA) is 55.4 Å². The minimum atomic E-state index is -0.510. The number of benzene rings is 2. The van der Waals surface area contributed by atoms with Crippen molar-refractivity contribution in [3.63, 3.8) is 0 Å². The number of hydrogen-bond donors (Lipinski definition) is 1. The molecule has 0 spiro atoms. The molecular weight excluding hydrogens is 321 g/mol. The fraction of sp³-hybridized carbons (Fsp3) is 0.176. The molecule has 6 heteroatoms. The predicted octanol–water partition coefficient (Wildman–Crippen LogP) is 3.34. The maximum absolute atomic E-state index is 13.4. The minimum Gasteiger partial charge on any atom is -0.461 e. The van der Waals surface area contributed by atoms with Gasteiger partial charge in [-0.3, -0.25) is 9.59 Å². The molecule has 0 fully saturated rings. The van der Waals surface area contributed by atoms with E-state index in [9.17, 15) is 14.0 Å². The molecule has 0 saturated heterocycles. The van der Waals surface area contributed by atoms with Gasteiger partial charge in [-0.15, -0.1) is 0 Å². The van der Waals surface area contributed by atoms with E-state index in [0.29, 0.717) is 16.1 Å². The summed E-state index contributed by atoms with van der Waals surface area (Å²) in [6.45, 7) is 0.00814. The second kappa shape index (κ2) is 8.29. The molecule has 0 aliphatic carbocycles. The van der Waals surface area contributed by atoms with Crippen LogP contribution >= 0.6 is 11.6 Å². The fourth-order valence-corrected chi connectivity index (χ4v) is 1.95. The van der Waals surface area contributed by atoms with Gasteiger partial charge in [0.05, 0.1) is 6.42 Å². The molecular formula is C17H15ClFNO3. The zero-order valence-corrected chi connectivity index (χ0v) is 13.0. The second-order valence-corrected chi connectivity index (χ2v) is 5.20. The van der Waals surface area contributed by atoms with Crippen LogP contribution in [0.2, 0.25) is 5.02 Å². The van der Waals surface area contributed by atoms with Crippen molar-refractivity contribution in [2.75, 3.05) is 6.54 Å². The highest BCUT2D eigenvalue weighted by atomic mass is 35.5. The molecule has 0 saturated carbocycles. The van der Waals surface area contributed by atoms with Crippen molar-refractivity contribution in [1.29, 1.82) is 0 Å². The van der Waals surface area contributed by atoms with Crippen LogP contribution in [0.1, 0.15) is 22.3 Å². The number of ether oxygens (including phenoxy) is 1. The van der Waals surface area contributed by atoms with Crippen LogP contribution in [0.3, 0.4) is 0 Å². The average Bonchev–Trinajstić information content (AvgIpc) is 2.54. The monoisotopic (exact) mass is 335 g/mol. The Hall–Kier alpha value is -2.40. The maximum atomic E-state index is 13.4. The van der Waals surface area contributed by atoms with E-state index >= 15 is 0 Å². The Bertz CT molecular complexity index is 688. The molecule has 4 nitrogen and oxygen atoms in total. The standard InChI is InChI=1S/C17H15ClFNO3/c18-14-7-5-12(6-8-14)17(22)20-10-9-16(21)23-11-13-3-1-2-4-15(13)19/h1-8H,9-11H2,(H,20,22). The molecule has 0 aliphatic heterocycles. The van der Waals surface area contributed by atoms with Crippen molar-refractivity contribution in [2.24, 2.45) is 0 Å². The average molecular weight is 336 g/mol. The van der Waals surface area contributed by atoms with Crippen LogP contribution in [-0.2, 0) is 16.1 Å². The normalized spacial score (nSPS) is 10.2. The molecule has 2 aromatic rings. The van der Waals surface area contributed by atoms with Gasteiger partial charge in [0.25, 0.3) is 5.91 Å². The summed E-state index contributed by atoms with van der Waals surface area (Å²) in [6, 6.07) is 12.5. The lowest BCUT2D eigenvalue weighted by Crippen LogP contribution is -2.26. The molecule has 0 bridgehead atoms. The van der Waals surface area contributed by atoms with Crippen LogP contribution in [0, 0.1) is 5.82 Å². The third-order valence-corrected chi connectivity index (χ3v) is 3.32. The van der Waals surface area contributed by atoms with E-state index in [1.54, 1.807) is 42.5 Å².